The predicted octanol–water partition coefficient (Wildman–Crippen LogP) is 2.97. The van der Waals surface area contributed by atoms with Gasteiger partial charge < -0.3 is 5.32 Å². The van der Waals surface area contributed by atoms with Crippen molar-refractivity contribution in [2.45, 2.75) is 13.1 Å². The SMILES string of the molecule is O=C(NCc1ccc(Cn2cncn2)cc1)c1ccc(Cl)s1. The van der Waals surface area contributed by atoms with Gasteiger partial charge in [-0.2, -0.15) is 5.10 Å². The van der Waals surface area contributed by atoms with E-state index in [2.05, 4.69) is 15.4 Å². The maximum Gasteiger partial charge on any atom is 0.261 e. The molecule has 0 aliphatic rings. The summed E-state index contributed by atoms with van der Waals surface area (Å²) in [6, 6.07) is 11.5. The zero-order valence-electron chi connectivity index (χ0n) is 11.6. The number of amides is 1. The Labute approximate surface area is 136 Å². The highest BCUT2D eigenvalue weighted by atomic mass is 35.5. The standard InChI is InChI=1S/C15H13ClN4OS/c16-14-6-5-13(22-14)15(21)18-7-11-1-3-12(4-2-11)8-20-10-17-9-19-20/h1-6,9-10H,7-8H2,(H,18,21). The number of hydrogen-bond acceptors (Lipinski definition) is 4. The van der Waals surface area contributed by atoms with Gasteiger partial charge in [-0.15, -0.1) is 11.3 Å². The number of thiophene rings is 1. The zero-order valence-corrected chi connectivity index (χ0v) is 13.1. The molecule has 3 rings (SSSR count). The Hall–Kier alpha value is -2.18. The second-order valence-electron chi connectivity index (χ2n) is 4.70. The van der Waals surface area contributed by atoms with Gasteiger partial charge in [-0.25, -0.2) is 9.67 Å². The molecule has 0 aliphatic carbocycles. The molecule has 0 unspecified atom stereocenters. The Bertz CT molecular complexity index is 752. The summed E-state index contributed by atoms with van der Waals surface area (Å²) in [6.07, 6.45) is 3.20. The largest absolute Gasteiger partial charge is 0.347 e. The molecule has 1 N–H and O–H groups in total. The van der Waals surface area contributed by atoms with Crippen molar-refractivity contribution in [1.82, 2.24) is 20.1 Å². The van der Waals surface area contributed by atoms with Crippen molar-refractivity contribution >= 4 is 28.8 Å². The third-order valence-corrected chi connectivity index (χ3v) is 4.31. The smallest absolute Gasteiger partial charge is 0.261 e. The van der Waals surface area contributed by atoms with E-state index in [9.17, 15) is 4.79 Å². The summed E-state index contributed by atoms with van der Waals surface area (Å²) in [7, 11) is 0. The third kappa shape index (κ3) is 3.72. The average Bonchev–Trinajstić information content (AvgIpc) is 3.18. The fraction of sp³-hybridized carbons (Fsp3) is 0.133. The van der Waals surface area contributed by atoms with Crippen molar-refractivity contribution in [3.8, 4) is 0 Å². The van der Waals surface area contributed by atoms with Crippen LogP contribution in [-0.4, -0.2) is 20.7 Å². The maximum atomic E-state index is 11.9. The number of halogens is 1. The molecule has 0 fully saturated rings. The predicted molar refractivity (Wildman–Crippen MR) is 86.1 cm³/mol. The summed E-state index contributed by atoms with van der Waals surface area (Å²) in [5.74, 6) is -0.108. The molecule has 0 radical (unpaired) electrons. The molecule has 5 nitrogen and oxygen atoms in total. The Balaban J connectivity index is 1.56. The van der Waals surface area contributed by atoms with Gasteiger partial charge in [0.1, 0.15) is 12.7 Å². The zero-order chi connectivity index (χ0) is 15.4. The van der Waals surface area contributed by atoms with Gasteiger partial charge in [0.15, 0.2) is 0 Å². The maximum absolute atomic E-state index is 11.9. The molecule has 0 aliphatic heterocycles. The van der Waals surface area contributed by atoms with Crippen LogP contribution in [0.3, 0.4) is 0 Å². The Morgan fingerprint density at radius 1 is 1.18 bits per heavy atom. The van der Waals surface area contributed by atoms with Gasteiger partial charge in [-0.3, -0.25) is 4.79 Å². The van der Waals surface area contributed by atoms with Crippen molar-refractivity contribution < 1.29 is 4.79 Å². The van der Waals surface area contributed by atoms with E-state index in [1.807, 2.05) is 24.3 Å². The first-order chi connectivity index (χ1) is 10.7. The summed E-state index contributed by atoms with van der Waals surface area (Å²) < 4.78 is 2.37. The molecule has 0 spiro atoms. The van der Waals surface area contributed by atoms with Gasteiger partial charge in [-0.1, -0.05) is 35.9 Å². The van der Waals surface area contributed by atoms with Crippen LogP contribution in [0.4, 0.5) is 0 Å². The lowest BCUT2D eigenvalue weighted by molar-refractivity contribution is 0.0955. The minimum Gasteiger partial charge on any atom is -0.347 e. The van der Waals surface area contributed by atoms with Crippen molar-refractivity contribution in [1.29, 1.82) is 0 Å². The highest BCUT2D eigenvalue weighted by Crippen LogP contribution is 2.21. The van der Waals surface area contributed by atoms with E-state index in [-0.39, 0.29) is 5.91 Å². The Morgan fingerprint density at radius 3 is 2.59 bits per heavy atom. The van der Waals surface area contributed by atoms with E-state index in [1.165, 1.54) is 17.7 Å². The van der Waals surface area contributed by atoms with Crippen LogP contribution in [0.25, 0.3) is 0 Å². The fourth-order valence-corrected chi connectivity index (χ4v) is 2.93. The monoisotopic (exact) mass is 332 g/mol. The van der Waals surface area contributed by atoms with Crippen molar-refractivity contribution in [2.75, 3.05) is 0 Å². The molecule has 0 saturated carbocycles. The van der Waals surface area contributed by atoms with Crippen LogP contribution in [0.2, 0.25) is 4.34 Å². The lowest BCUT2D eigenvalue weighted by Crippen LogP contribution is -2.21. The van der Waals surface area contributed by atoms with Crippen LogP contribution in [0.1, 0.15) is 20.8 Å². The van der Waals surface area contributed by atoms with Crippen LogP contribution < -0.4 is 5.32 Å². The van der Waals surface area contributed by atoms with Crippen molar-refractivity contribution in [3.05, 3.63) is 69.4 Å². The van der Waals surface area contributed by atoms with E-state index in [0.29, 0.717) is 22.3 Å². The van der Waals surface area contributed by atoms with E-state index in [4.69, 9.17) is 11.6 Å². The molecular weight excluding hydrogens is 320 g/mol. The van der Waals surface area contributed by atoms with Crippen LogP contribution in [-0.2, 0) is 13.1 Å². The van der Waals surface area contributed by atoms with Crippen LogP contribution >= 0.6 is 22.9 Å². The van der Waals surface area contributed by atoms with Gasteiger partial charge in [0.05, 0.1) is 15.8 Å². The minimum absolute atomic E-state index is 0.108. The minimum atomic E-state index is -0.108. The summed E-state index contributed by atoms with van der Waals surface area (Å²) in [4.78, 5) is 16.5. The van der Waals surface area contributed by atoms with Crippen LogP contribution in [0, 0.1) is 0 Å². The quantitative estimate of drug-likeness (QED) is 0.781. The molecule has 0 bridgehead atoms. The van der Waals surface area contributed by atoms with E-state index in [1.54, 1.807) is 23.1 Å². The number of carbonyl (C=O) groups is 1. The Morgan fingerprint density at radius 2 is 1.95 bits per heavy atom. The summed E-state index contributed by atoms with van der Waals surface area (Å²) in [5.41, 5.74) is 2.17. The number of carbonyl (C=O) groups excluding carboxylic acids is 1. The molecule has 0 saturated heterocycles. The molecule has 2 aromatic heterocycles. The Kier molecular flexibility index (Phi) is 4.50. The number of hydrogen-bond donors (Lipinski definition) is 1. The first-order valence-corrected chi connectivity index (χ1v) is 7.84. The van der Waals surface area contributed by atoms with Gasteiger partial charge in [-0.05, 0) is 23.3 Å². The van der Waals surface area contributed by atoms with E-state index < -0.39 is 0 Å². The number of nitrogens with one attached hydrogen (secondary N) is 1. The molecule has 2 heterocycles. The molecule has 22 heavy (non-hydrogen) atoms. The number of benzene rings is 1. The first kappa shape index (κ1) is 14.7. The normalized spacial score (nSPS) is 10.6. The second kappa shape index (κ2) is 6.72. The molecule has 7 heteroatoms. The van der Waals surface area contributed by atoms with E-state index in [0.717, 1.165) is 11.1 Å². The molecule has 3 aromatic rings. The molecular formula is C15H13ClN4OS. The van der Waals surface area contributed by atoms with Gasteiger partial charge in [0.25, 0.3) is 5.91 Å². The first-order valence-electron chi connectivity index (χ1n) is 6.64. The fourth-order valence-electron chi connectivity index (χ4n) is 1.97. The second-order valence-corrected chi connectivity index (χ2v) is 6.41. The summed E-state index contributed by atoms with van der Waals surface area (Å²) in [6.45, 7) is 1.16. The third-order valence-electron chi connectivity index (χ3n) is 3.08. The van der Waals surface area contributed by atoms with Gasteiger partial charge >= 0.3 is 0 Å². The molecule has 112 valence electrons. The highest BCUT2D eigenvalue weighted by molar-refractivity contribution is 7.17. The molecule has 1 aromatic carbocycles. The summed E-state index contributed by atoms with van der Waals surface area (Å²) >= 11 is 7.10. The molecule has 0 atom stereocenters. The van der Waals surface area contributed by atoms with Crippen LogP contribution in [0.15, 0.2) is 49.1 Å². The van der Waals surface area contributed by atoms with Gasteiger partial charge in [0.2, 0.25) is 0 Å². The number of aromatic nitrogens is 3. The number of nitrogens with zero attached hydrogens (tertiary/aromatic N) is 3. The van der Waals surface area contributed by atoms with Crippen LogP contribution in [0.5, 0.6) is 0 Å². The molecule has 1 amide bonds. The van der Waals surface area contributed by atoms with Crippen molar-refractivity contribution in [3.63, 3.8) is 0 Å². The highest BCUT2D eigenvalue weighted by Gasteiger charge is 2.08. The lowest BCUT2D eigenvalue weighted by Gasteiger charge is -2.06. The topological polar surface area (TPSA) is 59.8 Å². The van der Waals surface area contributed by atoms with E-state index >= 15 is 0 Å². The number of rotatable bonds is 5. The average molecular weight is 333 g/mol. The summed E-state index contributed by atoms with van der Waals surface area (Å²) in [5, 5.41) is 6.95. The van der Waals surface area contributed by atoms with Gasteiger partial charge in [0, 0.05) is 6.54 Å². The lowest BCUT2D eigenvalue weighted by atomic mass is 10.1. The van der Waals surface area contributed by atoms with Crippen molar-refractivity contribution in [2.24, 2.45) is 0 Å².